The normalized spacial score (nSPS) is 11.8. The number of nitrogens with zero attached hydrogens (tertiary/aromatic N) is 1. The lowest BCUT2D eigenvalue weighted by Crippen LogP contribution is -2.48. The number of unbranched alkanes of at least 4 members (excludes halogenated alkanes) is 1. The molecule has 1 N–H and O–H groups in total. The molecular formula is C24H31FN2O2. The van der Waals surface area contributed by atoms with Gasteiger partial charge in [0.05, 0.1) is 6.42 Å². The standard InChI is InChI=1S/C24H31FN2O2/c1-5-6-13-26-24(29)19(4)27(16-20-9-11-22(25)12-10-20)23(28)15-21-8-7-17(2)18(3)14-21/h7-12,14,19H,5-6,13,15-16H2,1-4H3,(H,26,29)/t19-/m0/s1. The molecule has 1 atom stereocenters. The van der Waals surface area contributed by atoms with Crippen LogP contribution in [0.4, 0.5) is 4.39 Å². The number of nitrogens with one attached hydrogen (secondary N) is 1. The van der Waals surface area contributed by atoms with Gasteiger partial charge in [-0.2, -0.15) is 0 Å². The van der Waals surface area contributed by atoms with Gasteiger partial charge in [-0.05, 0) is 61.6 Å². The Bertz CT molecular complexity index is 833. The van der Waals surface area contributed by atoms with Crippen LogP contribution in [0.3, 0.4) is 0 Å². The van der Waals surface area contributed by atoms with E-state index in [2.05, 4.69) is 12.2 Å². The van der Waals surface area contributed by atoms with Gasteiger partial charge in [0, 0.05) is 13.1 Å². The van der Waals surface area contributed by atoms with Crippen molar-refractivity contribution < 1.29 is 14.0 Å². The van der Waals surface area contributed by atoms with E-state index in [0.29, 0.717) is 6.54 Å². The van der Waals surface area contributed by atoms with Gasteiger partial charge in [-0.15, -0.1) is 0 Å². The third kappa shape index (κ3) is 6.70. The molecular weight excluding hydrogens is 367 g/mol. The van der Waals surface area contributed by atoms with Gasteiger partial charge >= 0.3 is 0 Å². The summed E-state index contributed by atoms with van der Waals surface area (Å²) in [7, 11) is 0. The van der Waals surface area contributed by atoms with Gasteiger partial charge in [0.25, 0.3) is 0 Å². The lowest BCUT2D eigenvalue weighted by molar-refractivity contribution is -0.140. The van der Waals surface area contributed by atoms with E-state index in [0.717, 1.165) is 29.5 Å². The molecule has 5 heteroatoms. The minimum atomic E-state index is -0.615. The van der Waals surface area contributed by atoms with Gasteiger partial charge in [0.2, 0.25) is 11.8 Å². The SMILES string of the molecule is CCCCNC(=O)[C@H](C)N(Cc1ccc(F)cc1)C(=O)Cc1ccc(C)c(C)c1. The minimum Gasteiger partial charge on any atom is -0.354 e. The predicted molar refractivity (Wildman–Crippen MR) is 114 cm³/mol. The molecule has 0 fully saturated rings. The Hall–Kier alpha value is -2.69. The smallest absolute Gasteiger partial charge is 0.242 e. The first-order chi connectivity index (χ1) is 13.8. The topological polar surface area (TPSA) is 49.4 Å². The van der Waals surface area contributed by atoms with Crippen LogP contribution in [0, 0.1) is 19.7 Å². The summed E-state index contributed by atoms with van der Waals surface area (Å²) in [5.41, 5.74) is 4.01. The Balaban J connectivity index is 2.19. The Kier molecular flexibility index (Phi) is 8.37. The quantitative estimate of drug-likeness (QED) is 0.640. The van der Waals surface area contributed by atoms with Crippen molar-refractivity contribution in [2.45, 2.75) is 59.5 Å². The summed E-state index contributed by atoms with van der Waals surface area (Å²) >= 11 is 0. The zero-order chi connectivity index (χ0) is 21.4. The van der Waals surface area contributed by atoms with Crippen LogP contribution in [0.25, 0.3) is 0 Å². The second-order valence-corrected chi connectivity index (χ2v) is 7.56. The molecule has 2 aromatic carbocycles. The largest absolute Gasteiger partial charge is 0.354 e. The van der Waals surface area contributed by atoms with E-state index in [1.807, 2.05) is 32.0 Å². The number of aryl methyl sites for hydroxylation is 2. The lowest BCUT2D eigenvalue weighted by atomic mass is 10.0. The predicted octanol–water partition coefficient (Wildman–Crippen LogP) is 4.32. The summed E-state index contributed by atoms with van der Waals surface area (Å²) in [6.45, 7) is 8.70. The Morgan fingerprint density at radius 3 is 2.31 bits per heavy atom. The molecule has 0 aliphatic heterocycles. The third-order valence-electron chi connectivity index (χ3n) is 5.19. The molecule has 2 amide bonds. The summed E-state index contributed by atoms with van der Waals surface area (Å²) < 4.78 is 13.3. The Morgan fingerprint density at radius 2 is 1.69 bits per heavy atom. The fourth-order valence-electron chi connectivity index (χ4n) is 3.09. The van der Waals surface area contributed by atoms with Crippen molar-refractivity contribution in [2.24, 2.45) is 0 Å². The molecule has 0 heterocycles. The molecule has 156 valence electrons. The molecule has 0 spiro atoms. The van der Waals surface area contributed by atoms with Crippen molar-refractivity contribution in [2.75, 3.05) is 6.54 Å². The summed E-state index contributed by atoms with van der Waals surface area (Å²) in [6.07, 6.45) is 2.10. The molecule has 0 aliphatic carbocycles. The minimum absolute atomic E-state index is 0.129. The third-order valence-corrected chi connectivity index (χ3v) is 5.19. The highest BCUT2D eigenvalue weighted by atomic mass is 19.1. The number of carbonyl (C=O) groups excluding carboxylic acids is 2. The molecule has 0 radical (unpaired) electrons. The number of carbonyl (C=O) groups is 2. The van der Waals surface area contributed by atoms with Crippen molar-refractivity contribution in [3.05, 3.63) is 70.5 Å². The molecule has 0 aromatic heterocycles. The zero-order valence-corrected chi connectivity index (χ0v) is 17.8. The molecule has 2 rings (SSSR count). The Morgan fingerprint density at radius 1 is 1.03 bits per heavy atom. The van der Waals surface area contributed by atoms with E-state index < -0.39 is 6.04 Å². The maximum Gasteiger partial charge on any atom is 0.242 e. The first-order valence-electron chi connectivity index (χ1n) is 10.2. The highest BCUT2D eigenvalue weighted by Gasteiger charge is 2.26. The van der Waals surface area contributed by atoms with Crippen LogP contribution in [0.1, 0.15) is 48.9 Å². The molecule has 4 nitrogen and oxygen atoms in total. The first kappa shape index (κ1) is 22.6. The van der Waals surface area contributed by atoms with E-state index >= 15 is 0 Å². The summed E-state index contributed by atoms with van der Waals surface area (Å²) in [5.74, 6) is -0.628. The van der Waals surface area contributed by atoms with Crippen LogP contribution >= 0.6 is 0 Å². The lowest BCUT2D eigenvalue weighted by Gasteiger charge is -2.29. The van der Waals surface area contributed by atoms with Crippen LogP contribution in [-0.2, 0) is 22.6 Å². The highest BCUT2D eigenvalue weighted by molar-refractivity contribution is 5.88. The van der Waals surface area contributed by atoms with Crippen molar-refractivity contribution in [1.29, 1.82) is 0 Å². The van der Waals surface area contributed by atoms with E-state index in [1.165, 1.54) is 17.7 Å². The average molecular weight is 399 g/mol. The molecule has 2 aromatic rings. The second-order valence-electron chi connectivity index (χ2n) is 7.56. The van der Waals surface area contributed by atoms with Crippen molar-refractivity contribution >= 4 is 11.8 Å². The van der Waals surface area contributed by atoms with E-state index in [4.69, 9.17) is 0 Å². The number of rotatable bonds is 9. The van der Waals surface area contributed by atoms with Gasteiger partial charge in [-0.3, -0.25) is 9.59 Å². The van der Waals surface area contributed by atoms with E-state index in [1.54, 1.807) is 24.0 Å². The molecule has 0 aliphatic rings. The number of hydrogen-bond donors (Lipinski definition) is 1. The number of hydrogen-bond acceptors (Lipinski definition) is 2. The zero-order valence-electron chi connectivity index (χ0n) is 17.8. The van der Waals surface area contributed by atoms with Crippen molar-refractivity contribution in [3.63, 3.8) is 0 Å². The first-order valence-corrected chi connectivity index (χ1v) is 10.2. The molecule has 0 saturated heterocycles. The van der Waals surface area contributed by atoms with Crippen LogP contribution < -0.4 is 5.32 Å². The summed E-state index contributed by atoms with van der Waals surface area (Å²) in [6, 6.07) is 11.4. The highest BCUT2D eigenvalue weighted by Crippen LogP contribution is 2.15. The van der Waals surface area contributed by atoms with Crippen LogP contribution in [0.2, 0.25) is 0 Å². The summed E-state index contributed by atoms with van der Waals surface area (Å²) in [4.78, 5) is 27.3. The van der Waals surface area contributed by atoms with Crippen LogP contribution in [0.5, 0.6) is 0 Å². The molecule has 0 saturated carbocycles. The second kappa shape index (κ2) is 10.7. The van der Waals surface area contributed by atoms with Crippen molar-refractivity contribution in [1.82, 2.24) is 10.2 Å². The van der Waals surface area contributed by atoms with Crippen LogP contribution in [0.15, 0.2) is 42.5 Å². The monoisotopic (exact) mass is 398 g/mol. The van der Waals surface area contributed by atoms with E-state index in [9.17, 15) is 14.0 Å². The maximum atomic E-state index is 13.3. The Labute approximate surface area is 173 Å². The number of amides is 2. The van der Waals surface area contributed by atoms with Crippen molar-refractivity contribution in [3.8, 4) is 0 Å². The fraction of sp³-hybridized carbons (Fsp3) is 0.417. The van der Waals surface area contributed by atoms with Gasteiger partial charge in [0.1, 0.15) is 11.9 Å². The van der Waals surface area contributed by atoms with Crippen LogP contribution in [-0.4, -0.2) is 29.3 Å². The van der Waals surface area contributed by atoms with E-state index in [-0.39, 0.29) is 30.6 Å². The van der Waals surface area contributed by atoms with Gasteiger partial charge in [0.15, 0.2) is 0 Å². The maximum absolute atomic E-state index is 13.3. The number of benzene rings is 2. The number of halogens is 1. The molecule has 0 unspecified atom stereocenters. The fourth-order valence-corrected chi connectivity index (χ4v) is 3.09. The van der Waals surface area contributed by atoms with Gasteiger partial charge < -0.3 is 10.2 Å². The summed E-state index contributed by atoms with van der Waals surface area (Å²) in [5, 5.41) is 2.90. The molecule has 29 heavy (non-hydrogen) atoms. The van der Waals surface area contributed by atoms with Gasteiger partial charge in [-0.25, -0.2) is 4.39 Å². The van der Waals surface area contributed by atoms with Gasteiger partial charge in [-0.1, -0.05) is 43.7 Å². The molecule has 0 bridgehead atoms. The average Bonchev–Trinajstić information content (AvgIpc) is 2.69.